The van der Waals surface area contributed by atoms with Crippen molar-refractivity contribution < 1.29 is 4.79 Å². The van der Waals surface area contributed by atoms with Gasteiger partial charge in [0.15, 0.2) is 0 Å². The summed E-state index contributed by atoms with van der Waals surface area (Å²) in [5.74, 6) is 0. The zero-order valence-corrected chi connectivity index (χ0v) is 16.8. The number of carbonyl (C=O) groups is 1. The van der Waals surface area contributed by atoms with Crippen molar-refractivity contribution in [1.29, 1.82) is 0 Å². The summed E-state index contributed by atoms with van der Waals surface area (Å²) in [6.07, 6.45) is 0. The van der Waals surface area contributed by atoms with Crippen molar-refractivity contribution in [3.63, 3.8) is 0 Å². The van der Waals surface area contributed by atoms with Crippen molar-refractivity contribution in [3.8, 4) is 10.6 Å². The molecule has 2 heterocycles. The number of anilines is 1. The van der Waals surface area contributed by atoms with Gasteiger partial charge in [-0.3, -0.25) is 4.90 Å². The molecule has 4 rings (SSSR count). The van der Waals surface area contributed by atoms with Gasteiger partial charge in [0.05, 0.1) is 0 Å². The summed E-state index contributed by atoms with van der Waals surface area (Å²) in [5, 5.41) is 6.06. The molecule has 2 aromatic carbocycles. The quantitative estimate of drug-likeness (QED) is 0.713. The molecule has 1 aromatic heterocycles. The molecule has 0 unspecified atom stereocenters. The molecule has 0 aliphatic carbocycles. The van der Waals surface area contributed by atoms with Crippen LogP contribution in [0.3, 0.4) is 0 Å². The smallest absolute Gasteiger partial charge is 0.321 e. The number of urea groups is 1. The van der Waals surface area contributed by atoms with Crippen molar-refractivity contribution >= 4 is 23.1 Å². The fourth-order valence-electron chi connectivity index (χ4n) is 3.34. The molecule has 0 bridgehead atoms. The number of rotatable bonds is 4. The van der Waals surface area contributed by atoms with Crippen molar-refractivity contribution in [2.45, 2.75) is 13.5 Å². The molecule has 3 aromatic rings. The Kier molecular flexibility index (Phi) is 5.69. The maximum atomic E-state index is 12.6. The molecule has 1 aliphatic rings. The van der Waals surface area contributed by atoms with Gasteiger partial charge < -0.3 is 10.2 Å². The van der Waals surface area contributed by atoms with Gasteiger partial charge in [-0.05, 0) is 36.8 Å². The Balaban J connectivity index is 1.28. The van der Waals surface area contributed by atoms with E-state index >= 15 is 0 Å². The van der Waals surface area contributed by atoms with E-state index in [0.29, 0.717) is 0 Å². The number of hydrogen-bond donors (Lipinski definition) is 1. The van der Waals surface area contributed by atoms with Crippen LogP contribution in [0.2, 0.25) is 0 Å². The molecule has 6 heteroatoms. The molecule has 0 radical (unpaired) electrons. The third-order valence-corrected chi connectivity index (χ3v) is 5.92. The zero-order valence-electron chi connectivity index (χ0n) is 16.0. The van der Waals surface area contributed by atoms with Crippen LogP contribution >= 0.6 is 11.3 Å². The van der Waals surface area contributed by atoms with Crippen molar-refractivity contribution in [2.75, 3.05) is 31.5 Å². The Hall–Kier alpha value is -2.70. The monoisotopic (exact) mass is 392 g/mol. The lowest BCUT2D eigenvalue weighted by molar-refractivity contribution is 0.143. The Morgan fingerprint density at radius 2 is 1.75 bits per heavy atom. The van der Waals surface area contributed by atoms with Crippen LogP contribution in [0.15, 0.2) is 60.0 Å². The summed E-state index contributed by atoms with van der Waals surface area (Å²) in [7, 11) is 0. The van der Waals surface area contributed by atoms with Crippen molar-refractivity contribution in [1.82, 2.24) is 14.8 Å². The largest absolute Gasteiger partial charge is 0.322 e. The SMILES string of the molecule is Cc1csc(-c2ccc(NC(=O)N3CCN(Cc4ccccc4)CC3)cc2)n1. The number of benzene rings is 2. The van der Waals surface area contributed by atoms with Crippen LogP contribution in [0.1, 0.15) is 11.3 Å². The van der Waals surface area contributed by atoms with E-state index in [1.807, 2.05) is 47.5 Å². The maximum Gasteiger partial charge on any atom is 0.321 e. The van der Waals surface area contributed by atoms with E-state index in [4.69, 9.17) is 0 Å². The predicted octanol–water partition coefficient (Wildman–Crippen LogP) is 4.47. The lowest BCUT2D eigenvalue weighted by Gasteiger charge is -2.34. The molecule has 0 atom stereocenters. The fraction of sp³-hybridized carbons (Fsp3) is 0.273. The molecule has 144 valence electrons. The van der Waals surface area contributed by atoms with E-state index in [0.717, 1.165) is 54.7 Å². The normalized spacial score (nSPS) is 14.8. The lowest BCUT2D eigenvalue weighted by atomic mass is 10.2. The molecule has 28 heavy (non-hydrogen) atoms. The summed E-state index contributed by atoms with van der Waals surface area (Å²) < 4.78 is 0. The topological polar surface area (TPSA) is 48.5 Å². The summed E-state index contributed by atoms with van der Waals surface area (Å²) in [6.45, 7) is 6.21. The highest BCUT2D eigenvalue weighted by Gasteiger charge is 2.21. The second-order valence-electron chi connectivity index (χ2n) is 7.05. The molecule has 5 nitrogen and oxygen atoms in total. The summed E-state index contributed by atoms with van der Waals surface area (Å²) in [6, 6.07) is 18.3. The Labute approximate surface area is 169 Å². The molecular formula is C22H24N4OS. The summed E-state index contributed by atoms with van der Waals surface area (Å²) in [5.41, 5.74) is 4.24. The zero-order chi connectivity index (χ0) is 19.3. The Bertz CT molecular complexity index is 915. The number of amides is 2. The number of thiazole rings is 1. The molecule has 1 fully saturated rings. The molecule has 0 spiro atoms. The fourth-order valence-corrected chi connectivity index (χ4v) is 4.14. The average molecular weight is 393 g/mol. The third kappa shape index (κ3) is 4.58. The number of aryl methyl sites for hydroxylation is 1. The number of aromatic nitrogens is 1. The van der Waals surface area contributed by atoms with Crippen LogP contribution in [0.5, 0.6) is 0 Å². The number of nitrogens with one attached hydrogen (secondary N) is 1. The molecule has 2 amide bonds. The van der Waals surface area contributed by atoms with Gasteiger partial charge in [-0.15, -0.1) is 11.3 Å². The Morgan fingerprint density at radius 1 is 1.04 bits per heavy atom. The van der Waals surface area contributed by atoms with E-state index in [1.54, 1.807) is 11.3 Å². The predicted molar refractivity (Wildman–Crippen MR) is 115 cm³/mol. The van der Waals surface area contributed by atoms with Gasteiger partial charge in [-0.25, -0.2) is 9.78 Å². The molecule has 0 saturated carbocycles. The first-order valence-corrected chi connectivity index (χ1v) is 10.4. The minimum atomic E-state index is -0.0304. The van der Waals surface area contributed by atoms with Crippen LogP contribution in [0.25, 0.3) is 10.6 Å². The van der Waals surface area contributed by atoms with E-state index in [-0.39, 0.29) is 6.03 Å². The number of hydrogen-bond acceptors (Lipinski definition) is 4. The number of carbonyl (C=O) groups excluding carboxylic acids is 1. The van der Waals surface area contributed by atoms with Gasteiger partial charge in [0.25, 0.3) is 0 Å². The van der Waals surface area contributed by atoms with E-state index in [1.165, 1.54) is 5.56 Å². The molecule has 1 N–H and O–H groups in total. The number of nitrogens with zero attached hydrogens (tertiary/aromatic N) is 3. The molecule has 1 saturated heterocycles. The standard InChI is InChI=1S/C22H24N4OS/c1-17-16-28-21(23-17)19-7-9-20(10-8-19)24-22(27)26-13-11-25(12-14-26)15-18-5-3-2-4-6-18/h2-10,16H,11-15H2,1H3,(H,24,27). The van der Waals surface area contributed by atoms with Gasteiger partial charge in [0.2, 0.25) is 0 Å². The van der Waals surface area contributed by atoms with Crippen molar-refractivity contribution in [3.05, 3.63) is 71.2 Å². The highest BCUT2D eigenvalue weighted by molar-refractivity contribution is 7.13. The van der Waals surface area contributed by atoms with Crippen LogP contribution in [-0.4, -0.2) is 47.0 Å². The van der Waals surface area contributed by atoms with Gasteiger partial charge in [-0.1, -0.05) is 30.3 Å². The van der Waals surface area contributed by atoms with Crippen LogP contribution in [0, 0.1) is 6.92 Å². The molecule has 1 aliphatic heterocycles. The van der Waals surface area contributed by atoms with E-state index in [2.05, 4.69) is 39.5 Å². The van der Waals surface area contributed by atoms with Crippen molar-refractivity contribution in [2.24, 2.45) is 0 Å². The first-order chi connectivity index (χ1) is 13.7. The highest BCUT2D eigenvalue weighted by Crippen LogP contribution is 2.25. The average Bonchev–Trinajstić information content (AvgIpc) is 3.16. The minimum absolute atomic E-state index is 0.0304. The second kappa shape index (κ2) is 8.54. The minimum Gasteiger partial charge on any atom is -0.322 e. The number of piperazine rings is 1. The van der Waals surface area contributed by atoms with E-state index < -0.39 is 0 Å². The summed E-state index contributed by atoms with van der Waals surface area (Å²) in [4.78, 5) is 21.4. The van der Waals surface area contributed by atoms with Gasteiger partial charge in [0.1, 0.15) is 5.01 Å². The van der Waals surface area contributed by atoms with Crippen LogP contribution in [-0.2, 0) is 6.54 Å². The second-order valence-corrected chi connectivity index (χ2v) is 7.91. The van der Waals surface area contributed by atoms with Crippen LogP contribution < -0.4 is 5.32 Å². The Morgan fingerprint density at radius 3 is 2.39 bits per heavy atom. The van der Waals surface area contributed by atoms with Gasteiger partial charge >= 0.3 is 6.03 Å². The van der Waals surface area contributed by atoms with Gasteiger partial charge in [0, 0.05) is 55.0 Å². The highest BCUT2D eigenvalue weighted by atomic mass is 32.1. The first-order valence-electron chi connectivity index (χ1n) is 9.52. The molecular weight excluding hydrogens is 368 g/mol. The van der Waals surface area contributed by atoms with Gasteiger partial charge in [-0.2, -0.15) is 0 Å². The van der Waals surface area contributed by atoms with E-state index in [9.17, 15) is 4.79 Å². The maximum absolute atomic E-state index is 12.6. The first kappa shape index (κ1) is 18.7. The third-order valence-electron chi connectivity index (χ3n) is 4.91. The van der Waals surface area contributed by atoms with Crippen LogP contribution in [0.4, 0.5) is 10.5 Å². The lowest BCUT2D eigenvalue weighted by Crippen LogP contribution is -2.49. The summed E-state index contributed by atoms with van der Waals surface area (Å²) >= 11 is 1.63.